The Morgan fingerprint density at radius 1 is 1.57 bits per heavy atom. The number of rotatable bonds is 2. The summed E-state index contributed by atoms with van der Waals surface area (Å²) in [5.74, 6) is 3.98. The molecule has 7 nitrogen and oxygen atoms in total. The molecule has 0 aliphatic rings. The number of hydrogen-bond acceptors (Lipinski definition) is 5. The normalized spacial score (nSPS) is 9.57. The number of aryl methyl sites for hydroxylation is 1. The average Bonchev–Trinajstić information content (AvgIpc) is 2.59. The Bertz CT molecular complexity index is 346. The second-order valence-electron chi connectivity index (χ2n) is 2.52. The molecule has 14 heavy (non-hydrogen) atoms. The molecule has 0 bridgehead atoms. The number of carbonyl (C=O) groups is 2. The number of hydrazine groups is 1. The van der Waals surface area contributed by atoms with E-state index in [-0.39, 0.29) is 6.54 Å². The number of nitrogens with one attached hydrogen (secondary N) is 2. The molecule has 7 heteroatoms. The van der Waals surface area contributed by atoms with Crippen LogP contribution < -0.4 is 16.6 Å². The zero-order valence-electron chi connectivity index (χ0n) is 7.53. The molecule has 1 aromatic heterocycles. The summed E-state index contributed by atoms with van der Waals surface area (Å²) in [6.07, 6.45) is 1.52. The first kappa shape index (κ1) is 10.2. The molecule has 0 saturated heterocycles. The van der Waals surface area contributed by atoms with Crippen LogP contribution in [0.15, 0.2) is 10.6 Å². The molecule has 0 aliphatic heterocycles. The molecule has 0 aromatic carbocycles. The zero-order chi connectivity index (χ0) is 10.6. The number of hydrogen-bond donors (Lipinski definition) is 3. The molecule has 0 radical (unpaired) electrons. The van der Waals surface area contributed by atoms with Crippen molar-refractivity contribution < 1.29 is 14.0 Å². The summed E-state index contributed by atoms with van der Waals surface area (Å²) in [5.41, 5.74) is 1.70. The Balaban J connectivity index is 2.41. The molecule has 76 valence electrons. The van der Waals surface area contributed by atoms with Crippen LogP contribution in [0.4, 0.5) is 0 Å². The molecule has 2 amide bonds. The van der Waals surface area contributed by atoms with Crippen LogP contribution in [0.2, 0.25) is 0 Å². The smallest absolute Gasteiger partial charge is 0.323 e. The molecule has 1 heterocycles. The SMILES string of the molecule is Cc1cnc(CNC(=O)C(=O)NN)o1. The van der Waals surface area contributed by atoms with E-state index in [0.29, 0.717) is 11.7 Å². The van der Waals surface area contributed by atoms with Crippen LogP contribution in [0.5, 0.6) is 0 Å². The Hall–Kier alpha value is -1.89. The van der Waals surface area contributed by atoms with Gasteiger partial charge in [-0.15, -0.1) is 0 Å². The maximum absolute atomic E-state index is 10.9. The molecule has 0 unspecified atom stereocenters. The molecule has 1 aromatic rings. The van der Waals surface area contributed by atoms with Gasteiger partial charge in [0.15, 0.2) is 0 Å². The summed E-state index contributed by atoms with van der Waals surface area (Å²) in [4.78, 5) is 25.3. The van der Waals surface area contributed by atoms with Crippen LogP contribution in [0.3, 0.4) is 0 Å². The van der Waals surface area contributed by atoms with Gasteiger partial charge in [0.1, 0.15) is 5.76 Å². The summed E-state index contributed by atoms with van der Waals surface area (Å²) < 4.78 is 5.06. The first-order chi connectivity index (χ1) is 6.63. The summed E-state index contributed by atoms with van der Waals surface area (Å²) in [5, 5.41) is 2.28. The quantitative estimate of drug-likeness (QED) is 0.234. The van der Waals surface area contributed by atoms with E-state index in [9.17, 15) is 9.59 Å². The predicted molar refractivity (Wildman–Crippen MR) is 45.4 cm³/mol. The zero-order valence-corrected chi connectivity index (χ0v) is 7.53. The molecule has 1 rings (SSSR count). The minimum atomic E-state index is -0.909. The second kappa shape index (κ2) is 4.38. The fraction of sp³-hybridized carbons (Fsp3) is 0.286. The summed E-state index contributed by atoms with van der Waals surface area (Å²) in [6.45, 7) is 1.78. The van der Waals surface area contributed by atoms with Gasteiger partial charge in [-0.2, -0.15) is 0 Å². The topological polar surface area (TPSA) is 110 Å². The molecule has 0 saturated carbocycles. The van der Waals surface area contributed by atoms with Crippen molar-refractivity contribution in [2.24, 2.45) is 5.84 Å². The minimum absolute atomic E-state index is 0.0556. The van der Waals surface area contributed by atoms with Gasteiger partial charge in [-0.3, -0.25) is 15.0 Å². The van der Waals surface area contributed by atoms with Crippen molar-refractivity contribution in [2.75, 3.05) is 0 Å². The van der Waals surface area contributed by atoms with E-state index >= 15 is 0 Å². The Kier molecular flexibility index (Phi) is 3.19. The number of oxazole rings is 1. The van der Waals surface area contributed by atoms with Crippen LogP contribution in [0.25, 0.3) is 0 Å². The van der Waals surface area contributed by atoms with Gasteiger partial charge in [0.25, 0.3) is 0 Å². The first-order valence-electron chi connectivity index (χ1n) is 3.83. The number of nitrogens with zero attached hydrogens (tertiary/aromatic N) is 1. The Morgan fingerprint density at radius 2 is 2.29 bits per heavy atom. The van der Waals surface area contributed by atoms with Crippen molar-refractivity contribution in [3.8, 4) is 0 Å². The third-order valence-electron chi connectivity index (χ3n) is 1.41. The Labute approximate surface area is 79.6 Å². The van der Waals surface area contributed by atoms with Crippen molar-refractivity contribution in [3.05, 3.63) is 17.8 Å². The monoisotopic (exact) mass is 198 g/mol. The molecule has 0 fully saturated rings. The Morgan fingerprint density at radius 3 is 2.79 bits per heavy atom. The molecular weight excluding hydrogens is 188 g/mol. The molecule has 4 N–H and O–H groups in total. The van der Waals surface area contributed by atoms with Crippen LogP contribution in [0, 0.1) is 6.92 Å². The third kappa shape index (κ3) is 2.56. The van der Waals surface area contributed by atoms with Gasteiger partial charge in [0, 0.05) is 0 Å². The van der Waals surface area contributed by atoms with Crippen LogP contribution in [-0.4, -0.2) is 16.8 Å². The third-order valence-corrected chi connectivity index (χ3v) is 1.41. The summed E-state index contributed by atoms with van der Waals surface area (Å²) in [6, 6.07) is 0. The number of amides is 2. The van der Waals surface area contributed by atoms with E-state index in [0.717, 1.165) is 0 Å². The molecule has 0 atom stereocenters. The maximum atomic E-state index is 10.9. The number of carbonyl (C=O) groups excluding carboxylic acids is 2. The lowest BCUT2D eigenvalue weighted by Gasteiger charge is -1.99. The highest BCUT2D eigenvalue weighted by atomic mass is 16.4. The highest BCUT2D eigenvalue weighted by molar-refractivity contribution is 6.34. The van der Waals surface area contributed by atoms with Crippen molar-refractivity contribution in [1.29, 1.82) is 0 Å². The van der Waals surface area contributed by atoms with Crippen LogP contribution >= 0.6 is 0 Å². The van der Waals surface area contributed by atoms with Gasteiger partial charge in [-0.05, 0) is 6.92 Å². The van der Waals surface area contributed by atoms with Crippen molar-refractivity contribution in [3.63, 3.8) is 0 Å². The highest BCUT2D eigenvalue weighted by Crippen LogP contribution is 2.00. The fourth-order valence-corrected chi connectivity index (χ4v) is 0.785. The van der Waals surface area contributed by atoms with E-state index in [4.69, 9.17) is 10.3 Å². The van der Waals surface area contributed by atoms with Gasteiger partial charge in [0.2, 0.25) is 5.89 Å². The molecular formula is C7H10N4O3. The minimum Gasteiger partial charge on any atom is -0.444 e. The van der Waals surface area contributed by atoms with Gasteiger partial charge in [0.05, 0.1) is 12.7 Å². The largest absolute Gasteiger partial charge is 0.444 e. The van der Waals surface area contributed by atoms with Gasteiger partial charge >= 0.3 is 11.8 Å². The van der Waals surface area contributed by atoms with E-state index in [2.05, 4.69) is 10.3 Å². The molecule has 0 spiro atoms. The maximum Gasteiger partial charge on any atom is 0.323 e. The standard InChI is InChI=1S/C7H10N4O3/c1-4-2-9-5(14-4)3-10-6(12)7(13)11-8/h2H,3,8H2,1H3,(H,10,12)(H,11,13). The van der Waals surface area contributed by atoms with E-state index < -0.39 is 11.8 Å². The van der Waals surface area contributed by atoms with Crippen LogP contribution in [0.1, 0.15) is 11.7 Å². The van der Waals surface area contributed by atoms with Crippen LogP contribution in [-0.2, 0) is 16.1 Å². The number of nitrogens with two attached hydrogens (primary N) is 1. The number of aromatic nitrogens is 1. The lowest BCUT2D eigenvalue weighted by molar-refractivity contribution is -0.139. The van der Waals surface area contributed by atoms with Gasteiger partial charge < -0.3 is 9.73 Å². The van der Waals surface area contributed by atoms with Crippen molar-refractivity contribution in [2.45, 2.75) is 13.5 Å². The van der Waals surface area contributed by atoms with E-state index in [1.54, 1.807) is 12.3 Å². The first-order valence-corrected chi connectivity index (χ1v) is 3.83. The summed E-state index contributed by atoms with van der Waals surface area (Å²) >= 11 is 0. The van der Waals surface area contributed by atoms with Gasteiger partial charge in [-0.25, -0.2) is 10.8 Å². The van der Waals surface area contributed by atoms with Crippen molar-refractivity contribution >= 4 is 11.8 Å². The fourth-order valence-electron chi connectivity index (χ4n) is 0.785. The second-order valence-corrected chi connectivity index (χ2v) is 2.52. The average molecular weight is 198 g/mol. The molecule has 0 aliphatic carbocycles. The summed E-state index contributed by atoms with van der Waals surface area (Å²) in [7, 11) is 0. The van der Waals surface area contributed by atoms with Crippen molar-refractivity contribution in [1.82, 2.24) is 15.7 Å². The lowest BCUT2D eigenvalue weighted by atomic mass is 10.5. The van der Waals surface area contributed by atoms with Gasteiger partial charge in [-0.1, -0.05) is 0 Å². The predicted octanol–water partition coefficient (Wildman–Crippen LogP) is -1.41. The highest BCUT2D eigenvalue weighted by Gasteiger charge is 2.11. The van der Waals surface area contributed by atoms with E-state index in [1.807, 2.05) is 0 Å². The van der Waals surface area contributed by atoms with E-state index in [1.165, 1.54) is 6.20 Å². The lowest BCUT2D eigenvalue weighted by Crippen LogP contribution is -2.42.